The van der Waals surface area contributed by atoms with Crippen molar-refractivity contribution >= 4 is 23.7 Å². The van der Waals surface area contributed by atoms with E-state index < -0.39 is 4.92 Å². The van der Waals surface area contributed by atoms with Crippen LogP contribution >= 0.6 is 12.2 Å². The summed E-state index contributed by atoms with van der Waals surface area (Å²) < 4.78 is 6.69. The first kappa shape index (κ1) is 12.2. The Hall–Kier alpha value is -2.22. The molecule has 18 heavy (non-hydrogen) atoms. The van der Waals surface area contributed by atoms with Gasteiger partial charge in [0, 0.05) is 14.1 Å². The molecule has 0 spiro atoms. The maximum atomic E-state index is 11.0. The first-order chi connectivity index (χ1) is 8.56. The number of hydrogen-bond acceptors (Lipinski definition) is 6. The zero-order valence-corrected chi connectivity index (χ0v) is 10.5. The predicted octanol–water partition coefficient (Wildman–Crippen LogP) is 2.36. The van der Waals surface area contributed by atoms with E-state index in [2.05, 4.69) is 10.3 Å². The van der Waals surface area contributed by atoms with Crippen LogP contribution in [0.1, 0.15) is 0 Å². The number of nitrogens with zero attached hydrogens (tertiary/aromatic N) is 3. The van der Waals surface area contributed by atoms with Gasteiger partial charge >= 0.3 is 5.69 Å². The Morgan fingerprint density at radius 1 is 1.61 bits per heavy atom. The molecule has 8 heteroatoms. The Morgan fingerprint density at radius 2 is 2.33 bits per heavy atom. The van der Waals surface area contributed by atoms with Gasteiger partial charge in [-0.05, 0) is 12.1 Å². The van der Waals surface area contributed by atoms with E-state index in [1.807, 2.05) is 0 Å². The molecule has 0 bridgehead atoms. The summed E-state index contributed by atoms with van der Waals surface area (Å²) in [7, 11) is 3.24. The molecule has 0 unspecified atom stereocenters. The first-order valence-electron chi connectivity index (χ1n) is 5.03. The van der Waals surface area contributed by atoms with Crippen molar-refractivity contribution in [3.63, 3.8) is 0 Å². The van der Waals surface area contributed by atoms with Crippen molar-refractivity contribution in [1.82, 2.24) is 9.55 Å². The lowest BCUT2D eigenvalue weighted by Gasteiger charge is -2.11. The molecule has 2 heterocycles. The lowest BCUT2D eigenvalue weighted by Crippen LogP contribution is -2.10. The van der Waals surface area contributed by atoms with E-state index in [9.17, 15) is 10.1 Å². The fourth-order valence-electron chi connectivity index (χ4n) is 1.67. The van der Waals surface area contributed by atoms with Crippen LogP contribution in [-0.4, -0.2) is 21.5 Å². The van der Waals surface area contributed by atoms with Gasteiger partial charge in [-0.2, -0.15) is 0 Å². The highest BCUT2D eigenvalue weighted by Gasteiger charge is 2.22. The monoisotopic (exact) mass is 266 g/mol. The molecular weight excluding hydrogens is 256 g/mol. The average molecular weight is 266 g/mol. The van der Waals surface area contributed by atoms with Crippen LogP contribution in [0.25, 0.3) is 11.6 Å². The highest BCUT2D eigenvalue weighted by molar-refractivity contribution is 7.71. The van der Waals surface area contributed by atoms with Crippen molar-refractivity contribution in [2.45, 2.75) is 0 Å². The van der Waals surface area contributed by atoms with Crippen molar-refractivity contribution in [2.24, 2.45) is 7.05 Å². The van der Waals surface area contributed by atoms with Crippen LogP contribution in [0.5, 0.6) is 0 Å². The van der Waals surface area contributed by atoms with Crippen LogP contribution in [-0.2, 0) is 7.05 Å². The molecule has 0 atom stereocenters. The number of hydrogen-bond donors (Lipinski definition) is 1. The van der Waals surface area contributed by atoms with E-state index in [1.165, 1.54) is 10.8 Å². The molecule has 94 valence electrons. The molecule has 0 aliphatic carbocycles. The third kappa shape index (κ3) is 1.86. The van der Waals surface area contributed by atoms with E-state index in [4.69, 9.17) is 16.6 Å². The van der Waals surface area contributed by atoms with Gasteiger partial charge in [-0.15, -0.1) is 0 Å². The van der Waals surface area contributed by atoms with Gasteiger partial charge in [0.25, 0.3) is 0 Å². The fraction of sp³-hybridized carbons (Fsp3) is 0.200. The van der Waals surface area contributed by atoms with Gasteiger partial charge in [0.15, 0.2) is 17.4 Å². The smallest absolute Gasteiger partial charge is 0.345 e. The molecule has 2 aromatic rings. The van der Waals surface area contributed by atoms with Gasteiger partial charge in [0.1, 0.15) is 0 Å². The Bertz CT molecular complexity index is 648. The molecule has 0 fully saturated rings. The zero-order chi connectivity index (χ0) is 13.3. The van der Waals surface area contributed by atoms with Crippen molar-refractivity contribution < 1.29 is 9.34 Å². The highest BCUT2D eigenvalue weighted by Crippen LogP contribution is 2.28. The normalized spacial score (nSPS) is 10.3. The first-order valence-corrected chi connectivity index (χ1v) is 5.44. The number of nitro groups is 1. The summed E-state index contributed by atoms with van der Waals surface area (Å²) in [6.45, 7) is 0. The summed E-state index contributed by atoms with van der Waals surface area (Å²) in [4.78, 5) is 14.5. The molecule has 0 saturated heterocycles. The van der Waals surface area contributed by atoms with E-state index >= 15 is 0 Å². The average Bonchev–Trinajstić information content (AvgIpc) is 2.84. The maximum absolute atomic E-state index is 11.0. The number of rotatable bonds is 3. The largest absolute Gasteiger partial charge is 0.461 e. The molecule has 2 aromatic heterocycles. The molecular formula is C10H10N4O3S. The van der Waals surface area contributed by atoms with Crippen molar-refractivity contribution in [3.8, 4) is 11.6 Å². The molecule has 0 aromatic carbocycles. The second kappa shape index (κ2) is 4.57. The number of furan rings is 1. The minimum atomic E-state index is -0.549. The predicted molar refractivity (Wildman–Crippen MR) is 67.9 cm³/mol. The lowest BCUT2D eigenvalue weighted by atomic mass is 10.3. The maximum Gasteiger partial charge on any atom is 0.345 e. The number of aromatic nitrogens is 2. The number of anilines is 1. The van der Waals surface area contributed by atoms with Crippen molar-refractivity contribution in [1.29, 1.82) is 0 Å². The van der Waals surface area contributed by atoms with Gasteiger partial charge in [-0.1, -0.05) is 12.2 Å². The number of nitrogens with one attached hydrogen (secondary N) is 1. The molecule has 2 rings (SSSR count). The third-order valence-electron chi connectivity index (χ3n) is 2.45. The minimum Gasteiger partial charge on any atom is -0.461 e. The molecule has 0 aliphatic rings. The van der Waals surface area contributed by atoms with Crippen LogP contribution < -0.4 is 5.32 Å². The van der Waals surface area contributed by atoms with Crippen molar-refractivity contribution in [3.05, 3.63) is 33.2 Å². The molecule has 7 nitrogen and oxygen atoms in total. The van der Waals surface area contributed by atoms with E-state index in [-0.39, 0.29) is 16.1 Å². The minimum absolute atomic E-state index is 0.0751. The Balaban J connectivity index is 2.78. The van der Waals surface area contributed by atoms with Gasteiger partial charge in [-0.25, -0.2) is 4.98 Å². The summed E-state index contributed by atoms with van der Waals surface area (Å²) >= 11 is 4.96. The third-order valence-corrected chi connectivity index (χ3v) is 2.73. The summed E-state index contributed by atoms with van der Waals surface area (Å²) in [5.41, 5.74) is -0.217. The molecule has 0 aliphatic heterocycles. The van der Waals surface area contributed by atoms with E-state index in [0.717, 1.165) is 0 Å². The second-order valence-corrected chi connectivity index (χ2v) is 3.87. The topological polar surface area (TPSA) is 86.1 Å². The van der Waals surface area contributed by atoms with Crippen LogP contribution in [0.3, 0.4) is 0 Å². The SMILES string of the molecule is CNc1c([N+](=O)[O-])c(=S)nc(-c2ccco2)n1C. The van der Waals surface area contributed by atoms with Crippen LogP contribution in [0, 0.1) is 14.8 Å². The summed E-state index contributed by atoms with van der Waals surface area (Å²) in [6, 6.07) is 3.42. The molecule has 0 amide bonds. The standard InChI is InChI=1S/C10H10N4O3S/c1-11-9-7(14(15)16)10(18)12-8(13(9)2)6-4-3-5-17-6/h3-5,11H,1-2H3. The van der Waals surface area contributed by atoms with E-state index in [1.54, 1.807) is 26.2 Å². The Kier molecular flexibility index (Phi) is 3.11. The van der Waals surface area contributed by atoms with Gasteiger partial charge in [-0.3, -0.25) is 10.1 Å². The molecule has 1 N–H and O–H groups in total. The van der Waals surface area contributed by atoms with Gasteiger partial charge in [0.2, 0.25) is 4.64 Å². The fourth-order valence-corrected chi connectivity index (χ4v) is 1.92. The second-order valence-electron chi connectivity index (χ2n) is 3.48. The van der Waals surface area contributed by atoms with Gasteiger partial charge in [0.05, 0.1) is 11.2 Å². The summed E-state index contributed by atoms with van der Waals surface area (Å²) in [5, 5.41) is 13.7. The highest BCUT2D eigenvalue weighted by atomic mass is 32.1. The molecule has 0 saturated carbocycles. The van der Waals surface area contributed by atoms with E-state index in [0.29, 0.717) is 11.6 Å². The molecule has 0 radical (unpaired) electrons. The van der Waals surface area contributed by atoms with Crippen LogP contribution in [0.4, 0.5) is 11.5 Å². The van der Waals surface area contributed by atoms with Crippen molar-refractivity contribution in [2.75, 3.05) is 12.4 Å². The lowest BCUT2D eigenvalue weighted by molar-refractivity contribution is -0.385. The van der Waals surface area contributed by atoms with Gasteiger partial charge < -0.3 is 14.3 Å². The summed E-state index contributed by atoms with van der Waals surface area (Å²) in [6.07, 6.45) is 1.50. The Labute approximate surface area is 107 Å². The zero-order valence-electron chi connectivity index (χ0n) is 9.71. The summed E-state index contributed by atoms with van der Waals surface area (Å²) in [5.74, 6) is 1.21. The van der Waals surface area contributed by atoms with Crippen LogP contribution in [0.2, 0.25) is 0 Å². The van der Waals surface area contributed by atoms with Crippen LogP contribution in [0.15, 0.2) is 22.8 Å². The quantitative estimate of drug-likeness (QED) is 0.521. The Morgan fingerprint density at radius 3 is 2.83 bits per heavy atom.